The van der Waals surface area contributed by atoms with Gasteiger partial charge in [-0.05, 0) is 26.2 Å². The highest BCUT2D eigenvalue weighted by atomic mass is 16.5. The van der Waals surface area contributed by atoms with Gasteiger partial charge in [0, 0.05) is 6.61 Å². The minimum atomic E-state index is -0.640. The lowest BCUT2D eigenvalue weighted by Crippen LogP contribution is -2.60. The van der Waals surface area contributed by atoms with Gasteiger partial charge >= 0.3 is 5.97 Å². The molecule has 3 nitrogen and oxygen atoms in total. The second kappa shape index (κ2) is 1.78. The Morgan fingerprint density at radius 1 is 1.55 bits per heavy atom. The number of ether oxygens (including phenoxy) is 1. The van der Waals surface area contributed by atoms with Crippen molar-refractivity contribution < 1.29 is 14.6 Å². The van der Waals surface area contributed by atoms with Gasteiger partial charge in [-0.15, -0.1) is 0 Å². The van der Waals surface area contributed by atoms with Crippen LogP contribution in [0.2, 0.25) is 0 Å². The van der Waals surface area contributed by atoms with Gasteiger partial charge in [-0.25, -0.2) is 0 Å². The van der Waals surface area contributed by atoms with Gasteiger partial charge in [0.2, 0.25) is 0 Å². The molecule has 0 atom stereocenters. The van der Waals surface area contributed by atoms with E-state index in [0.29, 0.717) is 25.9 Å². The molecule has 11 heavy (non-hydrogen) atoms. The largest absolute Gasteiger partial charge is 0.481 e. The van der Waals surface area contributed by atoms with Gasteiger partial charge in [-0.3, -0.25) is 4.79 Å². The molecule has 0 aromatic heterocycles. The topological polar surface area (TPSA) is 46.5 Å². The van der Waals surface area contributed by atoms with Gasteiger partial charge < -0.3 is 9.84 Å². The summed E-state index contributed by atoms with van der Waals surface area (Å²) in [6.45, 7) is 2.61. The molecule has 0 aromatic rings. The SMILES string of the molecule is CC12CC(C(=O)O)(CCO1)C2. The Hall–Kier alpha value is -0.570. The van der Waals surface area contributed by atoms with Crippen molar-refractivity contribution in [2.75, 3.05) is 6.61 Å². The Labute approximate surface area is 65.4 Å². The molecule has 3 heteroatoms. The maximum atomic E-state index is 10.8. The zero-order valence-corrected chi connectivity index (χ0v) is 6.59. The van der Waals surface area contributed by atoms with E-state index in [9.17, 15) is 4.79 Å². The molecule has 2 saturated heterocycles. The summed E-state index contributed by atoms with van der Waals surface area (Å²) in [7, 11) is 0. The monoisotopic (exact) mass is 156 g/mol. The van der Waals surface area contributed by atoms with Gasteiger partial charge in [0.05, 0.1) is 11.0 Å². The molecule has 3 aliphatic rings. The molecule has 0 spiro atoms. The van der Waals surface area contributed by atoms with Crippen LogP contribution in [0, 0.1) is 5.41 Å². The van der Waals surface area contributed by atoms with E-state index in [2.05, 4.69) is 0 Å². The number of hydrogen-bond donors (Lipinski definition) is 1. The third-order valence-corrected chi connectivity index (χ3v) is 2.91. The van der Waals surface area contributed by atoms with Gasteiger partial charge in [0.15, 0.2) is 0 Å². The van der Waals surface area contributed by atoms with Crippen LogP contribution in [0.15, 0.2) is 0 Å². The molecule has 0 unspecified atom stereocenters. The Balaban J connectivity index is 2.16. The number of fused-ring (bicyclic) bond motifs is 2. The highest BCUT2D eigenvalue weighted by molar-refractivity contribution is 5.76. The first kappa shape index (κ1) is 7.10. The first-order chi connectivity index (χ1) is 5.06. The fourth-order valence-corrected chi connectivity index (χ4v) is 2.41. The van der Waals surface area contributed by atoms with Crippen LogP contribution in [0.5, 0.6) is 0 Å². The van der Waals surface area contributed by atoms with Crippen molar-refractivity contribution in [1.82, 2.24) is 0 Å². The van der Waals surface area contributed by atoms with Crippen LogP contribution in [-0.4, -0.2) is 23.3 Å². The van der Waals surface area contributed by atoms with Crippen LogP contribution < -0.4 is 0 Å². The maximum Gasteiger partial charge on any atom is 0.309 e. The molecule has 0 radical (unpaired) electrons. The van der Waals surface area contributed by atoms with E-state index in [1.807, 2.05) is 6.92 Å². The number of carboxylic acids is 1. The third kappa shape index (κ3) is 0.805. The first-order valence-corrected chi connectivity index (χ1v) is 3.94. The molecule has 1 N–H and O–H groups in total. The van der Waals surface area contributed by atoms with Crippen molar-refractivity contribution in [3.05, 3.63) is 0 Å². The van der Waals surface area contributed by atoms with Gasteiger partial charge in [0.1, 0.15) is 0 Å². The minimum absolute atomic E-state index is 0.114. The summed E-state index contributed by atoms with van der Waals surface area (Å²) in [4.78, 5) is 10.8. The molecule has 1 aliphatic carbocycles. The Morgan fingerprint density at radius 3 is 2.55 bits per heavy atom. The van der Waals surface area contributed by atoms with Crippen molar-refractivity contribution in [2.45, 2.75) is 31.8 Å². The van der Waals surface area contributed by atoms with Crippen LogP contribution in [0.4, 0.5) is 0 Å². The lowest BCUT2D eigenvalue weighted by atomic mass is 9.56. The zero-order valence-electron chi connectivity index (χ0n) is 6.59. The van der Waals surface area contributed by atoms with Crippen LogP contribution >= 0.6 is 0 Å². The standard InChI is InChI=1S/C8H12O3/c1-7-4-8(5-7,6(9)10)2-3-11-7/h2-5H2,1H3,(H,9,10). The quantitative estimate of drug-likeness (QED) is 0.616. The lowest BCUT2D eigenvalue weighted by molar-refractivity contribution is -0.225. The second-order valence-electron chi connectivity index (χ2n) is 3.99. The maximum absolute atomic E-state index is 10.8. The number of carbonyl (C=O) groups is 1. The van der Waals surface area contributed by atoms with Crippen molar-refractivity contribution in [1.29, 1.82) is 0 Å². The molecule has 0 aromatic carbocycles. The summed E-state index contributed by atoms with van der Waals surface area (Å²) >= 11 is 0. The van der Waals surface area contributed by atoms with E-state index < -0.39 is 11.4 Å². The Morgan fingerprint density at radius 2 is 2.18 bits per heavy atom. The molecular formula is C8H12O3. The van der Waals surface area contributed by atoms with Crippen molar-refractivity contribution in [2.24, 2.45) is 5.41 Å². The van der Waals surface area contributed by atoms with Crippen LogP contribution in [-0.2, 0) is 9.53 Å². The lowest BCUT2D eigenvalue weighted by Gasteiger charge is -2.56. The highest BCUT2D eigenvalue weighted by Gasteiger charge is 2.60. The summed E-state index contributed by atoms with van der Waals surface area (Å²) in [6, 6.07) is 0. The van der Waals surface area contributed by atoms with Gasteiger partial charge in [0.25, 0.3) is 0 Å². The number of rotatable bonds is 1. The fraction of sp³-hybridized carbons (Fsp3) is 0.875. The number of aliphatic carboxylic acids is 1. The predicted molar refractivity (Wildman–Crippen MR) is 38.3 cm³/mol. The van der Waals surface area contributed by atoms with E-state index in [-0.39, 0.29) is 5.60 Å². The summed E-state index contributed by atoms with van der Waals surface area (Å²) in [5.74, 6) is -0.640. The van der Waals surface area contributed by atoms with Crippen LogP contribution in [0.1, 0.15) is 26.2 Å². The van der Waals surface area contributed by atoms with Gasteiger partial charge in [-0.1, -0.05) is 0 Å². The van der Waals surface area contributed by atoms with E-state index in [1.54, 1.807) is 0 Å². The number of hydrogen-bond acceptors (Lipinski definition) is 2. The number of carboxylic acid groups (broad SMARTS) is 1. The van der Waals surface area contributed by atoms with E-state index in [1.165, 1.54) is 0 Å². The molecule has 2 aliphatic heterocycles. The normalized spacial score (nSPS) is 48.1. The molecule has 3 fully saturated rings. The predicted octanol–water partition coefficient (Wildman–Crippen LogP) is 1.03. The average molecular weight is 156 g/mol. The molecule has 2 bridgehead atoms. The van der Waals surface area contributed by atoms with Gasteiger partial charge in [-0.2, -0.15) is 0 Å². The average Bonchev–Trinajstić information content (AvgIpc) is 1.85. The zero-order chi connectivity index (χ0) is 8.11. The minimum Gasteiger partial charge on any atom is -0.481 e. The second-order valence-corrected chi connectivity index (χ2v) is 3.99. The smallest absolute Gasteiger partial charge is 0.309 e. The molecule has 62 valence electrons. The van der Waals surface area contributed by atoms with E-state index in [4.69, 9.17) is 9.84 Å². The summed E-state index contributed by atoms with van der Waals surface area (Å²) < 4.78 is 5.44. The highest BCUT2D eigenvalue weighted by Crippen LogP contribution is 2.56. The summed E-state index contributed by atoms with van der Waals surface area (Å²) in [5.41, 5.74) is -0.538. The summed E-state index contributed by atoms with van der Waals surface area (Å²) in [6.07, 6.45) is 2.10. The fourth-order valence-electron chi connectivity index (χ4n) is 2.41. The van der Waals surface area contributed by atoms with Crippen molar-refractivity contribution in [3.8, 4) is 0 Å². The Kier molecular flexibility index (Phi) is 1.15. The Bertz CT molecular complexity index is 203. The molecule has 0 amide bonds. The van der Waals surface area contributed by atoms with Crippen molar-refractivity contribution in [3.63, 3.8) is 0 Å². The molecule has 1 saturated carbocycles. The van der Waals surface area contributed by atoms with E-state index >= 15 is 0 Å². The molecular weight excluding hydrogens is 144 g/mol. The van der Waals surface area contributed by atoms with E-state index in [0.717, 1.165) is 0 Å². The third-order valence-electron chi connectivity index (χ3n) is 2.91. The van der Waals surface area contributed by atoms with Crippen LogP contribution in [0.25, 0.3) is 0 Å². The summed E-state index contributed by atoms with van der Waals surface area (Å²) in [5, 5.41) is 8.89. The molecule has 3 rings (SSSR count). The van der Waals surface area contributed by atoms with Crippen LogP contribution in [0.3, 0.4) is 0 Å². The van der Waals surface area contributed by atoms with Crippen molar-refractivity contribution >= 4 is 5.97 Å². The molecule has 2 heterocycles. The first-order valence-electron chi connectivity index (χ1n) is 3.94.